The van der Waals surface area contributed by atoms with E-state index in [2.05, 4.69) is 4.99 Å². The van der Waals surface area contributed by atoms with Gasteiger partial charge in [0.05, 0.1) is 17.3 Å². The number of aliphatic imine (C=N–C) groups is 1. The summed E-state index contributed by atoms with van der Waals surface area (Å²) in [6, 6.07) is 0. The Balaban J connectivity index is 2.39. The second-order valence-electron chi connectivity index (χ2n) is 4.73. The average molecular weight is 245 g/mol. The molecule has 92 valence electrons. The number of rotatable bonds is 2. The van der Waals surface area contributed by atoms with E-state index in [1.165, 1.54) is 6.26 Å². The van der Waals surface area contributed by atoms with Crippen LogP contribution in [-0.4, -0.2) is 49.4 Å². The van der Waals surface area contributed by atoms with E-state index in [1.54, 1.807) is 0 Å². The second-order valence-corrected chi connectivity index (χ2v) is 6.96. The predicted octanol–water partition coefficient (Wildman–Crippen LogP) is -0.0275. The zero-order chi connectivity index (χ0) is 12.0. The summed E-state index contributed by atoms with van der Waals surface area (Å²) in [6.45, 7) is 3.25. The van der Waals surface area contributed by atoms with Gasteiger partial charge in [0.25, 0.3) is 0 Å². The third-order valence-electron chi connectivity index (χ3n) is 3.84. The molecule has 1 heterocycles. The molecular weight excluding hydrogens is 226 g/mol. The third kappa shape index (κ3) is 1.50. The quantitative estimate of drug-likeness (QED) is 0.741. The fraction of sp³-hybridized carbons (Fsp3) is 0.900. The van der Waals surface area contributed by atoms with Gasteiger partial charge in [-0.15, -0.1) is 0 Å². The van der Waals surface area contributed by atoms with Crippen LogP contribution in [0.15, 0.2) is 4.99 Å². The highest BCUT2D eigenvalue weighted by atomic mass is 32.2. The summed E-state index contributed by atoms with van der Waals surface area (Å²) >= 11 is 0. The Morgan fingerprint density at radius 2 is 2.31 bits per heavy atom. The van der Waals surface area contributed by atoms with Crippen molar-refractivity contribution in [2.45, 2.75) is 37.0 Å². The second kappa shape index (κ2) is 3.61. The lowest BCUT2D eigenvalue weighted by atomic mass is 9.96. The Hall–Kier alpha value is -0.780. The maximum Gasteiger partial charge on any atom is 0.191 e. The molecule has 0 aromatic carbocycles. The molecule has 1 fully saturated rings. The zero-order valence-electron chi connectivity index (χ0n) is 9.81. The van der Waals surface area contributed by atoms with Crippen molar-refractivity contribution in [1.29, 1.82) is 0 Å². The lowest BCUT2D eigenvalue weighted by molar-refractivity contribution is 0.217. The molecule has 16 heavy (non-hydrogen) atoms. The Morgan fingerprint density at radius 3 is 2.88 bits per heavy atom. The van der Waals surface area contributed by atoms with Crippen molar-refractivity contribution in [1.82, 2.24) is 4.90 Å². The molecule has 2 rings (SSSR count). The first-order chi connectivity index (χ1) is 7.42. The summed E-state index contributed by atoms with van der Waals surface area (Å²) < 4.78 is 23.7. The molecule has 6 heteroatoms. The number of hydrogen-bond donors (Lipinski definition) is 1. The highest BCUT2D eigenvalue weighted by Crippen LogP contribution is 2.41. The van der Waals surface area contributed by atoms with E-state index in [0.717, 1.165) is 25.8 Å². The predicted molar refractivity (Wildman–Crippen MR) is 64.1 cm³/mol. The van der Waals surface area contributed by atoms with Crippen LogP contribution in [0, 0.1) is 0 Å². The highest BCUT2D eigenvalue weighted by Gasteiger charge is 2.54. The van der Waals surface area contributed by atoms with Gasteiger partial charge >= 0.3 is 0 Å². The molecule has 2 N–H and O–H groups in total. The van der Waals surface area contributed by atoms with Crippen LogP contribution < -0.4 is 5.73 Å². The first kappa shape index (κ1) is 11.7. The van der Waals surface area contributed by atoms with Crippen LogP contribution in [-0.2, 0) is 9.84 Å². The fourth-order valence-electron chi connectivity index (χ4n) is 3.22. The summed E-state index contributed by atoms with van der Waals surface area (Å²) in [4.78, 5) is 6.22. The molecule has 0 amide bonds. The van der Waals surface area contributed by atoms with Crippen LogP contribution in [0.2, 0.25) is 0 Å². The van der Waals surface area contributed by atoms with Gasteiger partial charge in [-0.05, 0) is 26.2 Å². The number of nitrogens with two attached hydrogens (primary N) is 1. The van der Waals surface area contributed by atoms with Gasteiger partial charge in [0.15, 0.2) is 15.8 Å². The number of guanidine groups is 1. The summed E-state index contributed by atoms with van der Waals surface area (Å²) in [5, 5.41) is -0.315. The molecule has 5 nitrogen and oxygen atoms in total. The third-order valence-corrected chi connectivity index (χ3v) is 5.55. The lowest BCUT2D eigenvalue weighted by Crippen LogP contribution is -2.57. The Kier molecular flexibility index (Phi) is 2.64. The lowest BCUT2D eigenvalue weighted by Gasteiger charge is -2.39. The zero-order valence-corrected chi connectivity index (χ0v) is 10.6. The van der Waals surface area contributed by atoms with E-state index in [-0.39, 0.29) is 10.8 Å². The molecular formula is C10H19N3O2S. The molecule has 2 aliphatic rings. The van der Waals surface area contributed by atoms with Crippen LogP contribution >= 0.6 is 0 Å². The minimum absolute atomic E-state index is 0.315. The van der Waals surface area contributed by atoms with Gasteiger partial charge in [0.1, 0.15) is 0 Å². The van der Waals surface area contributed by atoms with Gasteiger partial charge in [-0.25, -0.2) is 8.42 Å². The number of sulfone groups is 1. The minimum Gasteiger partial charge on any atom is -0.370 e. The van der Waals surface area contributed by atoms with E-state index in [1.807, 2.05) is 11.8 Å². The number of nitrogens with zero attached hydrogens (tertiary/aromatic N) is 2. The smallest absolute Gasteiger partial charge is 0.191 e. The van der Waals surface area contributed by atoms with Gasteiger partial charge in [-0.2, -0.15) is 0 Å². The van der Waals surface area contributed by atoms with Crippen LogP contribution in [0.4, 0.5) is 0 Å². The van der Waals surface area contributed by atoms with Gasteiger partial charge in [0.2, 0.25) is 0 Å². The van der Waals surface area contributed by atoms with E-state index < -0.39 is 9.84 Å². The highest BCUT2D eigenvalue weighted by molar-refractivity contribution is 7.91. The van der Waals surface area contributed by atoms with Crippen LogP contribution in [0.5, 0.6) is 0 Å². The summed E-state index contributed by atoms with van der Waals surface area (Å²) in [7, 11) is -3.03. The normalized spacial score (nSPS) is 34.8. The molecule has 0 bridgehead atoms. The van der Waals surface area contributed by atoms with Crippen LogP contribution in [0.3, 0.4) is 0 Å². The summed E-state index contributed by atoms with van der Waals surface area (Å²) in [5.74, 6) is 0.498. The molecule has 1 spiro atoms. The molecule has 0 aromatic rings. The minimum atomic E-state index is -3.03. The summed E-state index contributed by atoms with van der Waals surface area (Å²) in [5.41, 5.74) is 5.48. The Labute approximate surface area is 96.6 Å². The molecule has 1 saturated carbocycles. The SMILES string of the molecule is CCN1C(N)=NCC12CCCC2S(C)(=O)=O. The van der Waals surface area contributed by atoms with Gasteiger partial charge in [-0.1, -0.05) is 0 Å². The molecule has 0 aromatic heterocycles. The van der Waals surface area contributed by atoms with Gasteiger partial charge in [-0.3, -0.25) is 4.99 Å². The fourth-order valence-corrected chi connectivity index (χ4v) is 4.93. The van der Waals surface area contributed by atoms with Gasteiger partial charge < -0.3 is 10.6 Å². The van der Waals surface area contributed by atoms with Crippen molar-refractivity contribution in [2.24, 2.45) is 10.7 Å². The van der Waals surface area contributed by atoms with Crippen molar-refractivity contribution in [2.75, 3.05) is 19.3 Å². The first-order valence-corrected chi connectivity index (χ1v) is 7.63. The Morgan fingerprint density at radius 1 is 1.62 bits per heavy atom. The van der Waals surface area contributed by atoms with Crippen molar-refractivity contribution in [3.8, 4) is 0 Å². The van der Waals surface area contributed by atoms with E-state index in [0.29, 0.717) is 12.5 Å². The molecule has 2 atom stereocenters. The number of likely N-dealkylation sites (N-methyl/N-ethyl adjacent to an activating group) is 1. The van der Waals surface area contributed by atoms with E-state index >= 15 is 0 Å². The first-order valence-electron chi connectivity index (χ1n) is 5.68. The average Bonchev–Trinajstić information content (AvgIpc) is 2.72. The van der Waals surface area contributed by atoms with Crippen molar-refractivity contribution < 1.29 is 8.42 Å². The maximum absolute atomic E-state index is 11.8. The largest absolute Gasteiger partial charge is 0.370 e. The van der Waals surface area contributed by atoms with Crippen molar-refractivity contribution in [3.63, 3.8) is 0 Å². The molecule has 0 radical (unpaired) electrons. The maximum atomic E-state index is 11.8. The number of hydrogen-bond acceptors (Lipinski definition) is 5. The molecule has 0 saturated heterocycles. The van der Waals surface area contributed by atoms with E-state index in [4.69, 9.17) is 5.73 Å². The summed E-state index contributed by atoms with van der Waals surface area (Å²) in [6.07, 6.45) is 3.88. The standard InChI is InChI=1S/C10H19N3O2S/c1-3-13-9(11)12-7-10(13)6-4-5-8(10)16(2,14)15/h8H,3-7H2,1-2H3,(H2,11,12). The van der Waals surface area contributed by atoms with Crippen LogP contribution in [0.25, 0.3) is 0 Å². The van der Waals surface area contributed by atoms with Crippen LogP contribution in [0.1, 0.15) is 26.2 Å². The van der Waals surface area contributed by atoms with Crippen molar-refractivity contribution >= 4 is 15.8 Å². The molecule has 2 unspecified atom stereocenters. The molecule has 1 aliphatic carbocycles. The van der Waals surface area contributed by atoms with Crippen molar-refractivity contribution in [3.05, 3.63) is 0 Å². The topological polar surface area (TPSA) is 75.8 Å². The molecule has 1 aliphatic heterocycles. The van der Waals surface area contributed by atoms with Gasteiger partial charge in [0, 0.05) is 12.8 Å². The monoisotopic (exact) mass is 245 g/mol. The van der Waals surface area contributed by atoms with E-state index in [9.17, 15) is 8.42 Å². The Bertz CT molecular complexity index is 418.